The second-order valence-corrected chi connectivity index (χ2v) is 7.74. The smallest absolute Gasteiger partial charge is 0.258 e. The molecule has 0 unspecified atom stereocenters. The van der Waals surface area contributed by atoms with Gasteiger partial charge in [0.1, 0.15) is 23.2 Å². The van der Waals surface area contributed by atoms with Gasteiger partial charge in [0.2, 0.25) is 0 Å². The summed E-state index contributed by atoms with van der Waals surface area (Å²) in [5.41, 5.74) is 2.71. The van der Waals surface area contributed by atoms with Gasteiger partial charge in [0.25, 0.3) is 5.56 Å². The van der Waals surface area contributed by atoms with Crippen molar-refractivity contribution in [3.63, 3.8) is 0 Å². The van der Waals surface area contributed by atoms with Crippen molar-refractivity contribution in [1.29, 1.82) is 0 Å². The van der Waals surface area contributed by atoms with Crippen molar-refractivity contribution in [1.82, 2.24) is 19.1 Å². The lowest BCUT2D eigenvalue weighted by Gasteiger charge is -2.09. The highest BCUT2D eigenvalue weighted by Gasteiger charge is 2.28. The maximum absolute atomic E-state index is 12.6. The summed E-state index contributed by atoms with van der Waals surface area (Å²) >= 11 is 1.53. The SMILES string of the molecule is Cn1c(C2CC2)nc2ccc(-n3ccc(OCc4nccs4)cc3=O)cc21. The summed E-state index contributed by atoms with van der Waals surface area (Å²) in [6.45, 7) is 0.367. The Morgan fingerprint density at radius 1 is 1.26 bits per heavy atom. The zero-order valence-corrected chi connectivity index (χ0v) is 15.6. The van der Waals surface area contributed by atoms with Crippen molar-refractivity contribution in [2.24, 2.45) is 7.05 Å². The largest absolute Gasteiger partial charge is 0.486 e. The first-order valence-electron chi connectivity index (χ1n) is 8.90. The third-order valence-electron chi connectivity index (χ3n) is 4.86. The van der Waals surface area contributed by atoms with Gasteiger partial charge >= 0.3 is 0 Å². The minimum absolute atomic E-state index is 0.129. The molecular weight excluding hydrogens is 360 g/mol. The number of hydrogen-bond acceptors (Lipinski definition) is 5. The van der Waals surface area contributed by atoms with Crippen LogP contribution in [0.4, 0.5) is 0 Å². The molecule has 0 spiro atoms. The van der Waals surface area contributed by atoms with Gasteiger partial charge in [0, 0.05) is 36.8 Å². The van der Waals surface area contributed by atoms with Crippen LogP contribution in [-0.2, 0) is 13.7 Å². The molecule has 7 heteroatoms. The lowest BCUT2D eigenvalue weighted by atomic mass is 10.2. The Morgan fingerprint density at radius 3 is 2.89 bits per heavy atom. The van der Waals surface area contributed by atoms with Crippen molar-refractivity contribution in [3.05, 3.63) is 69.3 Å². The summed E-state index contributed by atoms with van der Waals surface area (Å²) < 4.78 is 9.44. The maximum Gasteiger partial charge on any atom is 0.258 e. The number of fused-ring (bicyclic) bond motifs is 1. The van der Waals surface area contributed by atoms with Crippen LogP contribution >= 0.6 is 11.3 Å². The Kier molecular flexibility index (Phi) is 3.82. The molecule has 3 heterocycles. The van der Waals surface area contributed by atoms with Crippen molar-refractivity contribution in [2.45, 2.75) is 25.4 Å². The average Bonchev–Trinajstić information content (AvgIpc) is 3.28. The van der Waals surface area contributed by atoms with E-state index in [1.165, 1.54) is 30.2 Å². The van der Waals surface area contributed by atoms with Gasteiger partial charge in [-0.1, -0.05) is 0 Å². The van der Waals surface area contributed by atoms with Gasteiger partial charge in [0.15, 0.2) is 0 Å². The predicted octanol–water partition coefficient (Wildman–Crippen LogP) is 3.64. The van der Waals surface area contributed by atoms with Crippen molar-refractivity contribution >= 4 is 22.4 Å². The molecule has 4 aromatic rings. The fourth-order valence-electron chi connectivity index (χ4n) is 3.29. The van der Waals surface area contributed by atoms with E-state index in [2.05, 4.69) is 9.55 Å². The van der Waals surface area contributed by atoms with Crippen LogP contribution in [0.1, 0.15) is 29.6 Å². The van der Waals surface area contributed by atoms with E-state index in [1.54, 1.807) is 23.0 Å². The quantitative estimate of drug-likeness (QED) is 0.532. The van der Waals surface area contributed by atoms with E-state index < -0.39 is 0 Å². The molecular formula is C20H18N4O2S. The maximum atomic E-state index is 12.6. The molecule has 1 saturated carbocycles. The molecule has 0 bridgehead atoms. The third-order valence-corrected chi connectivity index (χ3v) is 5.61. The highest BCUT2D eigenvalue weighted by molar-refractivity contribution is 7.09. The molecule has 0 aliphatic heterocycles. The topological polar surface area (TPSA) is 61.9 Å². The summed E-state index contributed by atoms with van der Waals surface area (Å²) in [6.07, 6.45) is 5.92. The second-order valence-electron chi connectivity index (χ2n) is 6.76. The molecule has 0 atom stereocenters. The Bertz CT molecular complexity index is 1170. The van der Waals surface area contributed by atoms with Crippen LogP contribution in [0.15, 0.2) is 52.9 Å². The molecule has 1 aliphatic rings. The Labute approximate surface area is 159 Å². The summed E-state index contributed by atoms with van der Waals surface area (Å²) in [4.78, 5) is 21.5. The Morgan fingerprint density at radius 2 is 2.15 bits per heavy atom. The molecule has 3 aromatic heterocycles. The fraction of sp³-hybridized carbons (Fsp3) is 0.250. The minimum atomic E-state index is -0.129. The van der Waals surface area contributed by atoms with Gasteiger partial charge in [-0.05, 0) is 37.1 Å². The Balaban J connectivity index is 1.45. The van der Waals surface area contributed by atoms with Crippen molar-refractivity contribution in [2.75, 3.05) is 0 Å². The van der Waals surface area contributed by atoms with Crippen LogP contribution in [-0.4, -0.2) is 19.1 Å². The number of nitrogens with zero attached hydrogens (tertiary/aromatic N) is 4. The van der Waals surface area contributed by atoms with Crippen LogP contribution in [0, 0.1) is 0 Å². The van der Waals surface area contributed by atoms with Crippen LogP contribution in [0.25, 0.3) is 16.7 Å². The minimum Gasteiger partial charge on any atom is -0.486 e. The molecule has 0 saturated heterocycles. The first kappa shape index (κ1) is 16.3. The van der Waals surface area contributed by atoms with Crippen LogP contribution in [0.2, 0.25) is 0 Å². The van der Waals surface area contributed by atoms with Crippen LogP contribution in [0.3, 0.4) is 0 Å². The highest BCUT2D eigenvalue weighted by atomic mass is 32.1. The van der Waals surface area contributed by atoms with Gasteiger partial charge in [0.05, 0.1) is 16.7 Å². The van der Waals surface area contributed by atoms with Crippen molar-refractivity contribution < 1.29 is 4.74 Å². The monoisotopic (exact) mass is 378 g/mol. The number of rotatable bonds is 5. The second kappa shape index (κ2) is 6.35. The number of ether oxygens (including phenoxy) is 1. The molecule has 136 valence electrons. The predicted molar refractivity (Wildman–Crippen MR) is 105 cm³/mol. The highest BCUT2D eigenvalue weighted by Crippen LogP contribution is 2.40. The van der Waals surface area contributed by atoms with Gasteiger partial charge in [-0.25, -0.2) is 9.97 Å². The van der Waals surface area contributed by atoms with Gasteiger partial charge in [-0.3, -0.25) is 9.36 Å². The molecule has 1 aliphatic carbocycles. The molecule has 0 N–H and O–H groups in total. The van der Waals surface area contributed by atoms with Gasteiger partial charge in [-0.15, -0.1) is 11.3 Å². The Hall–Kier alpha value is -2.93. The summed E-state index contributed by atoms with van der Waals surface area (Å²) in [5.74, 6) is 2.27. The zero-order valence-electron chi connectivity index (χ0n) is 14.8. The first-order chi connectivity index (χ1) is 13.2. The zero-order chi connectivity index (χ0) is 18.4. The van der Waals surface area contributed by atoms with Crippen LogP contribution in [0.5, 0.6) is 5.75 Å². The summed E-state index contributed by atoms with van der Waals surface area (Å²) in [7, 11) is 2.05. The molecule has 5 rings (SSSR count). The van der Waals surface area contributed by atoms with E-state index >= 15 is 0 Å². The number of imidazole rings is 1. The number of aromatic nitrogens is 4. The lowest BCUT2D eigenvalue weighted by Crippen LogP contribution is -2.16. The average molecular weight is 378 g/mol. The van der Waals surface area contributed by atoms with E-state index in [4.69, 9.17) is 9.72 Å². The fourth-order valence-corrected chi connectivity index (χ4v) is 3.81. The number of aryl methyl sites for hydroxylation is 1. The number of benzene rings is 1. The normalized spacial score (nSPS) is 14.0. The summed E-state index contributed by atoms with van der Waals surface area (Å²) in [6, 6.07) is 9.25. The molecule has 27 heavy (non-hydrogen) atoms. The summed E-state index contributed by atoms with van der Waals surface area (Å²) in [5, 5.41) is 2.78. The van der Waals surface area contributed by atoms with E-state index in [0.29, 0.717) is 18.3 Å². The molecule has 1 aromatic carbocycles. The van der Waals surface area contributed by atoms with E-state index in [1.807, 2.05) is 30.6 Å². The molecule has 0 amide bonds. The van der Waals surface area contributed by atoms with Gasteiger partial charge < -0.3 is 9.30 Å². The lowest BCUT2D eigenvalue weighted by molar-refractivity contribution is 0.304. The number of pyridine rings is 1. The number of thiazole rings is 1. The van der Waals surface area contributed by atoms with E-state index in [9.17, 15) is 4.79 Å². The van der Waals surface area contributed by atoms with E-state index in [0.717, 1.165) is 27.6 Å². The number of hydrogen-bond donors (Lipinski definition) is 0. The van der Waals surface area contributed by atoms with Crippen LogP contribution < -0.4 is 10.3 Å². The first-order valence-corrected chi connectivity index (χ1v) is 9.77. The van der Waals surface area contributed by atoms with Crippen molar-refractivity contribution in [3.8, 4) is 11.4 Å². The molecule has 0 radical (unpaired) electrons. The standard InChI is InChI=1S/C20H18N4O2S/c1-23-17-10-14(4-5-16(17)22-20(23)13-2-3-13)24-8-6-15(11-19(24)25)26-12-18-21-7-9-27-18/h4-11,13H,2-3,12H2,1H3. The molecule has 1 fully saturated rings. The third kappa shape index (κ3) is 3.04. The molecule has 6 nitrogen and oxygen atoms in total. The van der Waals surface area contributed by atoms with Gasteiger partial charge in [-0.2, -0.15) is 0 Å². The van der Waals surface area contributed by atoms with E-state index in [-0.39, 0.29) is 5.56 Å².